The standard InChI is InChI=1S/C11H21N5O/c1-14(2)6-5-7-15(3)11(17)10-9(12)8-13-16(10)4/h8H,5-7,12H2,1-4H3. The minimum atomic E-state index is -0.0822. The third-order valence-electron chi connectivity index (χ3n) is 2.62. The van der Waals surface area contributed by atoms with E-state index in [9.17, 15) is 4.79 Å². The van der Waals surface area contributed by atoms with Crippen LogP contribution in [0.4, 0.5) is 5.69 Å². The zero-order valence-corrected chi connectivity index (χ0v) is 11.0. The predicted molar refractivity (Wildman–Crippen MR) is 67.8 cm³/mol. The van der Waals surface area contributed by atoms with Crippen LogP contribution in [0.3, 0.4) is 0 Å². The van der Waals surface area contributed by atoms with Gasteiger partial charge in [-0.25, -0.2) is 0 Å². The number of nitrogens with zero attached hydrogens (tertiary/aromatic N) is 4. The van der Waals surface area contributed by atoms with Gasteiger partial charge in [0, 0.05) is 20.6 Å². The van der Waals surface area contributed by atoms with Gasteiger partial charge in [-0.15, -0.1) is 0 Å². The maximum atomic E-state index is 12.1. The van der Waals surface area contributed by atoms with Gasteiger partial charge in [-0.3, -0.25) is 9.48 Å². The molecule has 0 bridgehead atoms. The Kier molecular flexibility index (Phi) is 4.51. The molecular weight excluding hydrogens is 218 g/mol. The minimum absolute atomic E-state index is 0.0822. The van der Waals surface area contributed by atoms with E-state index in [1.165, 1.54) is 10.9 Å². The zero-order chi connectivity index (χ0) is 13.0. The molecule has 0 spiro atoms. The summed E-state index contributed by atoms with van der Waals surface area (Å²) >= 11 is 0. The molecule has 96 valence electrons. The van der Waals surface area contributed by atoms with Crippen LogP contribution in [0.5, 0.6) is 0 Å². The van der Waals surface area contributed by atoms with Gasteiger partial charge in [0.05, 0.1) is 11.9 Å². The number of nitrogens with two attached hydrogens (primary N) is 1. The number of carbonyl (C=O) groups is 1. The van der Waals surface area contributed by atoms with E-state index in [-0.39, 0.29) is 5.91 Å². The van der Waals surface area contributed by atoms with Crippen LogP contribution in [0, 0.1) is 0 Å². The van der Waals surface area contributed by atoms with Crippen LogP contribution in [0.15, 0.2) is 6.20 Å². The first-order chi connectivity index (χ1) is 7.93. The van der Waals surface area contributed by atoms with Crippen LogP contribution in [0.1, 0.15) is 16.9 Å². The van der Waals surface area contributed by atoms with Crippen LogP contribution in [-0.2, 0) is 7.05 Å². The van der Waals surface area contributed by atoms with E-state index < -0.39 is 0 Å². The van der Waals surface area contributed by atoms with Crippen LogP contribution >= 0.6 is 0 Å². The number of aryl methyl sites for hydroxylation is 1. The van der Waals surface area contributed by atoms with Gasteiger partial charge in [-0.1, -0.05) is 0 Å². The fraction of sp³-hybridized carbons (Fsp3) is 0.636. The molecule has 0 aliphatic rings. The molecular formula is C11H21N5O. The SMILES string of the molecule is CN(C)CCCN(C)C(=O)c1c(N)cnn1C. The fourth-order valence-electron chi connectivity index (χ4n) is 1.62. The number of anilines is 1. The Morgan fingerprint density at radius 2 is 2.06 bits per heavy atom. The highest BCUT2D eigenvalue weighted by Crippen LogP contribution is 2.11. The smallest absolute Gasteiger partial charge is 0.274 e. The molecule has 0 atom stereocenters. The molecule has 6 nitrogen and oxygen atoms in total. The normalized spacial score (nSPS) is 10.9. The minimum Gasteiger partial charge on any atom is -0.396 e. The van der Waals surface area contributed by atoms with Crippen LogP contribution in [0.2, 0.25) is 0 Å². The van der Waals surface area contributed by atoms with Crippen LogP contribution in [0.25, 0.3) is 0 Å². The van der Waals surface area contributed by atoms with Crippen molar-refractivity contribution in [3.63, 3.8) is 0 Å². The van der Waals surface area contributed by atoms with Gasteiger partial charge in [0.15, 0.2) is 0 Å². The van der Waals surface area contributed by atoms with Crippen LogP contribution < -0.4 is 5.73 Å². The summed E-state index contributed by atoms with van der Waals surface area (Å²) in [5.74, 6) is -0.0822. The maximum Gasteiger partial charge on any atom is 0.274 e. The van der Waals surface area contributed by atoms with Gasteiger partial charge in [-0.05, 0) is 27.1 Å². The van der Waals surface area contributed by atoms with Crippen molar-refractivity contribution in [1.29, 1.82) is 0 Å². The summed E-state index contributed by atoms with van der Waals surface area (Å²) in [5.41, 5.74) is 6.60. The molecule has 0 aliphatic heterocycles. The highest BCUT2D eigenvalue weighted by atomic mass is 16.2. The lowest BCUT2D eigenvalue weighted by atomic mass is 10.3. The number of carbonyl (C=O) groups excluding carboxylic acids is 1. The molecule has 1 amide bonds. The molecule has 0 aliphatic carbocycles. The van der Waals surface area contributed by atoms with Crippen molar-refractivity contribution >= 4 is 11.6 Å². The van der Waals surface area contributed by atoms with Gasteiger partial charge < -0.3 is 15.5 Å². The van der Waals surface area contributed by atoms with Gasteiger partial charge in [0.1, 0.15) is 5.69 Å². The Labute approximate surface area is 102 Å². The van der Waals surface area contributed by atoms with Gasteiger partial charge in [0.2, 0.25) is 0 Å². The molecule has 17 heavy (non-hydrogen) atoms. The van der Waals surface area contributed by atoms with E-state index in [4.69, 9.17) is 5.73 Å². The number of nitrogen functional groups attached to an aromatic ring is 1. The maximum absolute atomic E-state index is 12.1. The highest BCUT2D eigenvalue weighted by molar-refractivity contribution is 5.97. The summed E-state index contributed by atoms with van der Waals surface area (Å²) in [6.07, 6.45) is 2.44. The molecule has 0 aromatic carbocycles. The lowest BCUT2D eigenvalue weighted by molar-refractivity contribution is 0.0781. The number of rotatable bonds is 5. The average Bonchev–Trinajstić information content (AvgIpc) is 2.57. The molecule has 6 heteroatoms. The molecule has 1 rings (SSSR count). The third kappa shape index (κ3) is 3.45. The Morgan fingerprint density at radius 3 is 2.53 bits per heavy atom. The van der Waals surface area contributed by atoms with Crippen molar-refractivity contribution in [3.8, 4) is 0 Å². The largest absolute Gasteiger partial charge is 0.396 e. The second-order valence-corrected chi connectivity index (χ2v) is 4.46. The first-order valence-electron chi connectivity index (χ1n) is 5.61. The number of hydrogen-bond donors (Lipinski definition) is 1. The summed E-state index contributed by atoms with van der Waals surface area (Å²) in [7, 11) is 7.53. The van der Waals surface area contributed by atoms with E-state index in [0.717, 1.165) is 13.0 Å². The van der Waals surface area contributed by atoms with E-state index in [1.807, 2.05) is 14.1 Å². The van der Waals surface area contributed by atoms with E-state index in [0.29, 0.717) is 17.9 Å². The highest BCUT2D eigenvalue weighted by Gasteiger charge is 2.18. The molecule has 0 unspecified atom stereocenters. The number of hydrogen-bond acceptors (Lipinski definition) is 4. The second kappa shape index (κ2) is 5.67. The summed E-state index contributed by atoms with van der Waals surface area (Å²) < 4.78 is 1.51. The van der Waals surface area contributed by atoms with E-state index in [1.54, 1.807) is 19.0 Å². The van der Waals surface area contributed by atoms with E-state index >= 15 is 0 Å². The monoisotopic (exact) mass is 239 g/mol. The van der Waals surface area contributed by atoms with Gasteiger partial charge in [0.25, 0.3) is 5.91 Å². The molecule has 2 N–H and O–H groups in total. The van der Waals surface area contributed by atoms with Crippen molar-refractivity contribution in [2.45, 2.75) is 6.42 Å². The third-order valence-corrected chi connectivity index (χ3v) is 2.62. The van der Waals surface area contributed by atoms with Crippen molar-refractivity contribution in [3.05, 3.63) is 11.9 Å². The topological polar surface area (TPSA) is 67.4 Å². The summed E-state index contributed by atoms with van der Waals surface area (Å²) in [6, 6.07) is 0. The molecule has 0 saturated heterocycles. The number of amides is 1. The van der Waals surface area contributed by atoms with Crippen molar-refractivity contribution in [1.82, 2.24) is 19.6 Å². The van der Waals surface area contributed by atoms with Crippen molar-refractivity contribution in [2.75, 3.05) is 40.0 Å². The lowest BCUT2D eigenvalue weighted by Gasteiger charge is -2.18. The predicted octanol–water partition coefficient (Wildman–Crippen LogP) is 0.0260. The molecule has 1 aromatic rings. The first-order valence-corrected chi connectivity index (χ1v) is 5.61. The Balaban J connectivity index is 2.58. The molecule has 1 aromatic heterocycles. The summed E-state index contributed by atoms with van der Waals surface area (Å²) in [4.78, 5) is 15.9. The quantitative estimate of drug-likeness (QED) is 0.787. The van der Waals surface area contributed by atoms with Gasteiger partial charge in [-0.2, -0.15) is 5.10 Å². The Bertz CT molecular complexity index is 366. The van der Waals surface area contributed by atoms with Crippen LogP contribution in [-0.4, -0.2) is 59.7 Å². The Morgan fingerprint density at radius 1 is 1.41 bits per heavy atom. The van der Waals surface area contributed by atoms with Gasteiger partial charge >= 0.3 is 0 Å². The molecule has 0 radical (unpaired) electrons. The van der Waals surface area contributed by atoms with E-state index in [2.05, 4.69) is 10.00 Å². The number of aromatic nitrogens is 2. The molecule has 0 fully saturated rings. The fourth-order valence-corrected chi connectivity index (χ4v) is 1.62. The average molecular weight is 239 g/mol. The second-order valence-electron chi connectivity index (χ2n) is 4.46. The molecule has 1 heterocycles. The lowest BCUT2D eigenvalue weighted by Crippen LogP contribution is -2.31. The van der Waals surface area contributed by atoms with Crippen molar-refractivity contribution in [2.24, 2.45) is 7.05 Å². The first kappa shape index (κ1) is 13.5. The Hall–Kier alpha value is -1.56. The summed E-state index contributed by atoms with van der Waals surface area (Å²) in [5, 5.41) is 3.96. The molecule has 0 saturated carbocycles. The van der Waals surface area contributed by atoms with Crippen molar-refractivity contribution < 1.29 is 4.79 Å². The zero-order valence-electron chi connectivity index (χ0n) is 11.0. The summed E-state index contributed by atoms with van der Waals surface area (Å²) in [6.45, 7) is 1.67.